The molecule has 0 aliphatic heterocycles. The first kappa shape index (κ1) is 11.7. The zero-order valence-corrected chi connectivity index (χ0v) is 9.78. The highest BCUT2D eigenvalue weighted by molar-refractivity contribution is 6.17. The minimum absolute atomic E-state index is 0.119. The molecule has 1 aromatic carbocycles. The summed E-state index contributed by atoms with van der Waals surface area (Å²) in [7, 11) is 1.21. The van der Waals surface area contributed by atoms with E-state index in [4.69, 9.17) is 16.0 Å². The molecule has 0 spiro atoms. The van der Waals surface area contributed by atoms with Crippen LogP contribution >= 0.6 is 11.6 Å². The summed E-state index contributed by atoms with van der Waals surface area (Å²) in [6.07, 6.45) is 0. The van der Waals surface area contributed by atoms with Gasteiger partial charge in [-0.3, -0.25) is 0 Å². The molecule has 0 amide bonds. The number of carbonyl (C=O) groups excluding carboxylic acids is 1. The summed E-state index contributed by atoms with van der Waals surface area (Å²) in [5, 5.41) is 0.642. The molecule has 0 fully saturated rings. The highest BCUT2D eigenvalue weighted by Gasteiger charge is 2.13. The van der Waals surface area contributed by atoms with Crippen LogP contribution in [-0.4, -0.2) is 13.1 Å². The first-order chi connectivity index (χ1) is 8.15. The molecule has 0 atom stereocenters. The highest BCUT2D eigenvalue weighted by atomic mass is 35.5. The van der Waals surface area contributed by atoms with Crippen molar-refractivity contribution in [2.24, 2.45) is 0 Å². The lowest BCUT2D eigenvalue weighted by molar-refractivity contribution is 0.0596. The maximum absolute atomic E-state index is 11.5. The van der Waals surface area contributed by atoms with E-state index in [2.05, 4.69) is 4.74 Å². The van der Waals surface area contributed by atoms with Crippen molar-refractivity contribution in [2.75, 3.05) is 7.11 Å². The summed E-state index contributed by atoms with van der Waals surface area (Å²) in [6.45, 7) is 0. The summed E-state index contributed by atoms with van der Waals surface area (Å²) in [4.78, 5) is 22.8. The Kier molecular flexibility index (Phi) is 3.15. The molecule has 0 N–H and O–H groups in total. The standard InChI is InChI=1S/C12H9ClO4/c1-16-11(14)9-5-8-4-7(6-13)2-3-10(8)17-12(9)15/h2-5H,6H2,1H3. The molecule has 17 heavy (non-hydrogen) atoms. The largest absolute Gasteiger partial charge is 0.465 e. The van der Waals surface area contributed by atoms with E-state index in [1.165, 1.54) is 13.2 Å². The summed E-state index contributed by atoms with van der Waals surface area (Å²) in [6, 6.07) is 6.62. The van der Waals surface area contributed by atoms with Crippen molar-refractivity contribution in [3.8, 4) is 0 Å². The van der Waals surface area contributed by atoms with Gasteiger partial charge in [0.25, 0.3) is 0 Å². The van der Waals surface area contributed by atoms with Crippen molar-refractivity contribution in [1.29, 1.82) is 0 Å². The zero-order chi connectivity index (χ0) is 12.4. The Morgan fingerprint density at radius 3 is 2.82 bits per heavy atom. The van der Waals surface area contributed by atoms with Gasteiger partial charge in [-0.25, -0.2) is 9.59 Å². The first-order valence-electron chi connectivity index (χ1n) is 4.87. The fraction of sp³-hybridized carbons (Fsp3) is 0.167. The van der Waals surface area contributed by atoms with Gasteiger partial charge in [-0.05, 0) is 23.8 Å². The Morgan fingerprint density at radius 2 is 2.18 bits per heavy atom. The van der Waals surface area contributed by atoms with Gasteiger partial charge < -0.3 is 9.15 Å². The topological polar surface area (TPSA) is 56.5 Å². The van der Waals surface area contributed by atoms with Crippen LogP contribution in [0.1, 0.15) is 15.9 Å². The van der Waals surface area contributed by atoms with Crippen LogP contribution in [0.4, 0.5) is 0 Å². The third kappa shape index (κ3) is 2.17. The van der Waals surface area contributed by atoms with Crippen LogP contribution in [0.15, 0.2) is 33.5 Å². The van der Waals surface area contributed by atoms with E-state index in [-0.39, 0.29) is 5.56 Å². The average molecular weight is 253 g/mol. The molecule has 0 radical (unpaired) electrons. The van der Waals surface area contributed by atoms with E-state index in [1.54, 1.807) is 18.2 Å². The Morgan fingerprint density at radius 1 is 1.41 bits per heavy atom. The third-order valence-corrected chi connectivity index (χ3v) is 2.66. The molecule has 0 saturated heterocycles. The summed E-state index contributed by atoms with van der Waals surface area (Å²) >= 11 is 5.70. The van der Waals surface area contributed by atoms with Crippen LogP contribution in [0.25, 0.3) is 11.0 Å². The Balaban J connectivity index is 2.68. The normalized spacial score (nSPS) is 10.5. The molecule has 0 aliphatic rings. The lowest BCUT2D eigenvalue weighted by Gasteiger charge is -2.02. The van der Waals surface area contributed by atoms with Crippen LogP contribution in [-0.2, 0) is 10.6 Å². The van der Waals surface area contributed by atoms with Gasteiger partial charge >= 0.3 is 11.6 Å². The average Bonchev–Trinajstić information content (AvgIpc) is 2.36. The predicted molar refractivity (Wildman–Crippen MR) is 63.4 cm³/mol. The number of hydrogen-bond acceptors (Lipinski definition) is 4. The molecule has 1 aromatic heterocycles. The number of fused-ring (bicyclic) bond motifs is 1. The number of rotatable bonds is 2. The van der Waals surface area contributed by atoms with Crippen molar-refractivity contribution in [3.63, 3.8) is 0 Å². The SMILES string of the molecule is COC(=O)c1cc2cc(CCl)ccc2oc1=O. The summed E-state index contributed by atoms with van der Waals surface area (Å²) < 4.78 is 9.51. The van der Waals surface area contributed by atoms with Gasteiger partial charge in [0.2, 0.25) is 0 Å². The molecule has 1 heterocycles. The van der Waals surface area contributed by atoms with Crippen LogP contribution in [0.2, 0.25) is 0 Å². The van der Waals surface area contributed by atoms with Gasteiger partial charge in [0.05, 0.1) is 7.11 Å². The number of esters is 1. The molecule has 0 bridgehead atoms. The molecule has 2 aromatic rings. The Hall–Kier alpha value is -1.81. The lowest BCUT2D eigenvalue weighted by atomic mass is 10.1. The van der Waals surface area contributed by atoms with Crippen molar-refractivity contribution in [1.82, 2.24) is 0 Å². The number of alkyl halides is 1. The Labute approximate surface area is 102 Å². The second kappa shape index (κ2) is 4.59. The van der Waals surface area contributed by atoms with Crippen LogP contribution < -0.4 is 5.63 Å². The maximum atomic E-state index is 11.5. The second-order valence-electron chi connectivity index (χ2n) is 3.44. The molecule has 0 unspecified atom stereocenters. The van der Waals surface area contributed by atoms with Crippen LogP contribution in [0.3, 0.4) is 0 Å². The number of ether oxygens (including phenoxy) is 1. The molecule has 5 heteroatoms. The number of hydrogen-bond donors (Lipinski definition) is 0. The molecule has 88 valence electrons. The zero-order valence-electron chi connectivity index (χ0n) is 9.03. The molecule has 0 aliphatic carbocycles. The molecular formula is C12H9ClO4. The quantitative estimate of drug-likeness (QED) is 0.468. The maximum Gasteiger partial charge on any atom is 0.351 e. The van der Waals surface area contributed by atoms with Crippen molar-refractivity contribution < 1.29 is 13.9 Å². The third-order valence-electron chi connectivity index (χ3n) is 2.36. The minimum atomic E-state index is -0.711. The van der Waals surface area contributed by atoms with Crippen molar-refractivity contribution >= 4 is 28.5 Å². The minimum Gasteiger partial charge on any atom is -0.465 e. The summed E-state index contributed by atoms with van der Waals surface area (Å²) in [5.41, 5.74) is 0.468. The molecular weight excluding hydrogens is 244 g/mol. The van der Waals surface area contributed by atoms with Gasteiger partial charge in [-0.2, -0.15) is 0 Å². The fourth-order valence-corrected chi connectivity index (χ4v) is 1.67. The number of methoxy groups -OCH3 is 1. The highest BCUT2D eigenvalue weighted by Crippen LogP contribution is 2.17. The molecule has 2 rings (SSSR count). The van der Waals surface area contributed by atoms with E-state index >= 15 is 0 Å². The Bertz CT molecular complexity index is 630. The molecule has 0 saturated carbocycles. The van der Waals surface area contributed by atoms with Gasteiger partial charge in [0.15, 0.2) is 0 Å². The van der Waals surface area contributed by atoms with Gasteiger partial charge in [0.1, 0.15) is 11.1 Å². The van der Waals surface area contributed by atoms with E-state index in [9.17, 15) is 9.59 Å². The summed E-state index contributed by atoms with van der Waals surface area (Å²) in [5.74, 6) is -0.361. The first-order valence-corrected chi connectivity index (χ1v) is 5.40. The van der Waals surface area contributed by atoms with Crippen LogP contribution in [0.5, 0.6) is 0 Å². The predicted octanol–water partition coefficient (Wildman–Crippen LogP) is 2.32. The lowest BCUT2D eigenvalue weighted by Crippen LogP contribution is -2.14. The van der Waals surface area contributed by atoms with Crippen LogP contribution in [0, 0.1) is 0 Å². The number of benzene rings is 1. The van der Waals surface area contributed by atoms with Crippen molar-refractivity contribution in [3.05, 3.63) is 45.8 Å². The monoisotopic (exact) mass is 252 g/mol. The van der Waals surface area contributed by atoms with Crippen molar-refractivity contribution in [2.45, 2.75) is 5.88 Å². The van der Waals surface area contributed by atoms with E-state index in [0.29, 0.717) is 16.8 Å². The molecule has 4 nitrogen and oxygen atoms in total. The van der Waals surface area contributed by atoms with Gasteiger partial charge in [0, 0.05) is 11.3 Å². The smallest absolute Gasteiger partial charge is 0.351 e. The van der Waals surface area contributed by atoms with E-state index in [0.717, 1.165) is 5.56 Å². The number of carbonyl (C=O) groups is 1. The fourth-order valence-electron chi connectivity index (χ4n) is 1.51. The van der Waals surface area contributed by atoms with E-state index in [1.807, 2.05) is 0 Å². The van der Waals surface area contributed by atoms with Gasteiger partial charge in [-0.1, -0.05) is 6.07 Å². The van der Waals surface area contributed by atoms with Gasteiger partial charge in [-0.15, -0.1) is 11.6 Å². The second-order valence-corrected chi connectivity index (χ2v) is 3.71. The van der Waals surface area contributed by atoms with E-state index < -0.39 is 11.6 Å². The number of halogens is 1.